The van der Waals surface area contributed by atoms with E-state index in [1.165, 1.54) is 0 Å². The van der Waals surface area contributed by atoms with Gasteiger partial charge in [-0.1, -0.05) is 0 Å². The molecule has 21 heavy (non-hydrogen) atoms. The lowest BCUT2D eigenvalue weighted by Gasteiger charge is -2.12. The molecule has 1 N–H and O–H groups in total. The molecule has 0 unspecified atom stereocenters. The molecule has 0 aromatic heterocycles. The van der Waals surface area contributed by atoms with Crippen LogP contribution in [0.3, 0.4) is 0 Å². The summed E-state index contributed by atoms with van der Waals surface area (Å²) in [7, 11) is 8.03. The van der Waals surface area contributed by atoms with Crippen molar-refractivity contribution in [1.82, 2.24) is 0 Å². The zero-order valence-corrected chi connectivity index (χ0v) is 13.0. The van der Waals surface area contributed by atoms with Gasteiger partial charge in [-0.05, 0) is 48.5 Å². The molecule has 4 nitrogen and oxygen atoms in total. The Hall–Kier alpha value is -2.58. The number of benzene rings is 2. The molecule has 108 valence electrons. The Kier molecular flexibility index (Phi) is 4.41. The molecule has 0 amide bonds. The van der Waals surface area contributed by atoms with E-state index in [1.807, 2.05) is 86.5 Å². The third kappa shape index (κ3) is 3.30. The summed E-state index contributed by atoms with van der Waals surface area (Å²) >= 11 is 0. The number of rotatable bonds is 4. The monoisotopic (exact) mass is 281 g/mol. The normalized spacial score (nSPS) is 9.90. The van der Waals surface area contributed by atoms with Crippen LogP contribution >= 0.6 is 0 Å². The maximum absolute atomic E-state index is 7.48. The van der Waals surface area contributed by atoms with Crippen molar-refractivity contribution >= 4 is 17.1 Å². The van der Waals surface area contributed by atoms with Gasteiger partial charge in [0.1, 0.15) is 0 Å². The number of nitrogens with one attached hydrogen (secondary N) is 1. The van der Waals surface area contributed by atoms with Crippen molar-refractivity contribution in [2.24, 2.45) is 0 Å². The third-order valence-corrected chi connectivity index (χ3v) is 3.43. The van der Waals surface area contributed by atoms with E-state index < -0.39 is 0 Å². The zero-order valence-electron chi connectivity index (χ0n) is 13.0. The van der Waals surface area contributed by atoms with Crippen LogP contribution in [-0.2, 0) is 0 Å². The van der Waals surface area contributed by atoms with E-state index in [9.17, 15) is 0 Å². The standard InChI is InChI=1S/C17H21N4/c1-20(2)15-9-5-13(6-10-15)17(19-18)14-7-11-16(12-8-14)21(3)4/h5-12,18H,1-4H3/q+1. The molecule has 0 heterocycles. The van der Waals surface area contributed by atoms with Crippen LogP contribution < -0.4 is 9.80 Å². The van der Waals surface area contributed by atoms with Gasteiger partial charge in [0.2, 0.25) is 0 Å². The Morgan fingerprint density at radius 3 is 1.29 bits per heavy atom. The predicted octanol–water partition coefficient (Wildman–Crippen LogP) is 2.90. The molecule has 2 aromatic rings. The van der Waals surface area contributed by atoms with Crippen LogP contribution in [0.15, 0.2) is 48.5 Å². The fourth-order valence-corrected chi connectivity index (χ4v) is 2.13. The summed E-state index contributed by atoms with van der Waals surface area (Å²) in [4.78, 5) is 7.81. The quantitative estimate of drug-likeness (QED) is 0.532. The highest BCUT2D eigenvalue weighted by Gasteiger charge is 2.18. The van der Waals surface area contributed by atoms with Gasteiger partial charge in [-0.3, -0.25) is 0 Å². The molecule has 0 saturated carbocycles. The van der Waals surface area contributed by atoms with Gasteiger partial charge in [0, 0.05) is 39.6 Å². The van der Waals surface area contributed by atoms with Gasteiger partial charge >= 0.3 is 5.71 Å². The van der Waals surface area contributed by atoms with E-state index in [2.05, 4.69) is 4.79 Å². The van der Waals surface area contributed by atoms with Gasteiger partial charge in [-0.15, -0.1) is 0 Å². The van der Waals surface area contributed by atoms with Crippen molar-refractivity contribution in [3.05, 3.63) is 59.7 Å². The first-order chi connectivity index (χ1) is 10.0. The molecule has 2 aromatic carbocycles. The van der Waals surface area contributed by atoms with Crippen LogP contribution in [0.5, 0.6) is 0 Å². The van der Waals surface area contributed by atoms with Crippen LogP contribution in [0.1, 0.15) is 11.1 Å². The number of hydrogen-bond acceptors (Lipinski definition) is 3. The second kappa shape index (κ2) is 6.25. The molecule has 0 radical (unpaired) electrons. The fourth-order valence-electron chi connectivity index (χ4n) is 2.13. The molecule has 4 heteroatoms. The minimum atomic E-state index is 0.686. The van der Waals surface area contributed by atoms with E-state index in [0.717, 1.165) is 22.5 Å². The summed E-state index contributed by atoms with van der Waals surface area (Å²) in [6.45, 7) is 0. The first-order valence-electron chi connectivity index (χ1n) is 6.83. The number of hydrogen-bond donors (Lipinski definition) is 1. The van der Waals surface area contributed by atoms with E-state index in [4.69, 9.17) is 5.53 Å². The average molecular weight is 281 g/mol. The highest BCUT2D eigenvalue weighted by atomic mass is 15.1. The SMILES string of the molecule is CN(C)c1ccc(C(=[N+]=N)c2ccc(N(C)C)cc2)cc1. The van der Waals surface area contributed by atoms with Crippen LogP contribution in [-0.4, -0.2) is 38.7 Å². The highest BCUT2D eigenvalue weighted by molar-refractivity contribution is 6.09. The molecule has 0 atom stereocenters. The number of nitrogens with zero attached hydrogens (tertiary/aromatic N) is 3. The molecule has 0 aliphatic heterocycles. The van der Waals surface area contributed by atoms with Crippen LogP contribution in [0.4, 0.5) is 11.4 Å². The van der Waals surface area contributed by atoms with Crippen molar-refractivity contribution < 1.29 is 4.79 Å². The molecule has 0 spiro atoms. The van der Waals surface area contributed by atoms with Gasteiger partial charge in [0.25, 0.3) is 0 Å². The van der Waals surface area contributed by atoms with E-state index in [1.54, 1.807) is 0 Å². The van der Waals surface area contributed by atoms with Gasteiger partial charge in [0.05, 0.1) is 21.4 Å². The van der Waals surface area contributed by atoms with Crippen molar-refractivity contribution in [3.63, 3.8) is 0 Å². The van der Waals surface area contributed by atoms with Crippen LogP contribution in [0, 0.1) is 5.53 Å². The second-order valence-electron chi connectivity index (χ2n) is 5.34. The molecule has 0 aliphatic carbocycles. The van der Waals surface area contributed by atoms with E-state index >= 15 is 0 Å². The van der Waals surface area contributed by atoms with E-state index in [0.29, 0.717) is 5.71 Å². The minimum Gasteiger partial charge on any atom is -0.378 e. The summed E-state index contributed by atoms with van der Waals surface area (Å²) < 4.78 is 0. The summed E-state index contributed by atoms with van der Waals surface area (Å²) in [5.74, 6) is 0. The van der Waals surface area contributed by atoms with Gasteiger partial charge in [0.15, 0.2) is 0 Å². The molecule has 0 fully saturated rings. The predicted molar refractivity (Wildman–Crippen MR) is 87.7 cm³/mol. The maximum Gasteiger partial charge on any atom is 0.379 e. The van der Waals surface area contributed by atoms with Gasteiger partial charge < -0.3 is 9.80 Å². The first kappa shape index (κ1) is 14.8. The smallest absolute Gasteiger partial charge is 0.378 e. The lowest BCUT2D eigenvalue weighted by Crippen LogP contribution is -2.11. The average Bonchev–Trinajstić information content (AvgIpc) is 2.49. The molecule has 2 rings (SSSR count). The topological polar surface area (TPSA) is 44.4 Å². The van der Waals surface area contributed by atoms with Gasteiger partial charge in [-0.2, -0.15) is 0 Å². The zero-order chi connectivity index (χ0) is 15.4. The molecule has 0 aliphatic rings. The van der Waals surface area contributed by atoms with Gasteiger partial charge in [-0.25, -0.2) is 0 Å². The van der Waals surface area contributed by atoms with Crippen molar-refractivity contribution in [2.45, 2.75) is 0 Å². The van der Waals surface area contributed by atoms with Crippen LogP contribution in [0.2, 0.25) is 0 Å². The Morgan fingerprint density at radius 1 is 0.714 bits per heavy atom. The highest BCUT2D eigenvalue weighted by Crippen LogP contribution is 2.17. The maximum atomic E-state index is 7.48. The van der Waals surface area contributed by atoms with E-state index in [-0.39, 0.29) is 0 Å². The molecular formula is C17H21N4+. The minimum absolute atomic E-state index is 0.686. The molecule has 0 bridgehead atoms. The lowest BCUT2D eigenvalue weighted by molar-refractivity contribution is -0.117. The Bertz CT molecular complexity index is 595. The third-order valence-electron chi connectivity index (χ3n) is 3.43. The fraction of sp³-hybridized carbons (Fsp3) is 0.235. The Labute approximate surface area is 125 Å². The number of anilines is 2. The largest absolute Gasteiger partial charge is 0.379 e. The first-order valence-corrected chi connectivity index (χ1v) is 6.83. The molecular weight excluding hydrogens is 260 g/mol. The summed E-state index contributed by atoms with van der Waals surface area (Å²) in [6, 6.07) is 16.2. The second-order valence-corrected chi connectivity index (χ2v) is 5.34. The van der Waals surface area contributed by atoms with Crippen LogP contribution in [0.25, 0.3) is 0 Å². The Morgan fingerprint density at radius 2 is 1.05 bits per heavy atom. The molecule has 0 saturated heterocycles. The summed E-state index contributed by atoms with van der Waals surface area (Å²) in [5, 5.41) is 0. The van der Waals surface area contributed by atoms with Crippen molar-refractivity contribution in [3.8, 4) is 0 Å². The summed E-state index contributed by atoms with van der Waals surface area (Å²) in [5.41, 5.74) is 12.3. The summed E-state index contributed by atoms with van der Waals surface area (Å²) in [6.07, 6.45) is 0. The van der Waals surface area contributed by atoms with Crippen molar-refractivity contribution in [1.29, 1.82) is 5.53 Å². The Balaban J connectivity index is 2.33. The van der Waals surface area contributed by atoms with Crippen molar-refractivity contribution in [2.75, 3.05) is 38.0 Å². The lowest BCUT2D eigenvalue weighted by atomic mass is 10.0.